The highest BCUT2D eigenvalue weighted by Crippen LogP contribution is 2.30. The van der Waals surface area contributed by atoms with Gasteiger partial charge in [-0.1, -0.05) is 72.4 Å². The van der Waals surface area contributed by atoms with Crippen molar-refractivity contribution in [3.63, 3.8) is 0 Å². The van der Waals surface area contributed by atoms with Crippen LogP contribution in [0.4, 0.5) is 0 Å². The maximum atomic E-state index is 4.50. The second kappa shape index (κ2) is 6.39. The molecule has 0 saturated heterocycles. The molecule has 4 heteroatoms. The van der Waals surface area contributed by atoms with Crippen LogP contribution in [0, 0.1) is 13.8 Å². The second-order valence-corrected chi connectivity index (χ2v) is 7.84. The third-order valence-electron chi connectivity index (χ3n) is 5.13. The molecule has 3 aromatic carbocycles. The van der Waals surface area contributed by atoms with Crippen LogP contribution in [0.15, 0.2) is 71.9 Å². The van der Waals surface area contributed by atoms with E-state index >= 15 is 0 Å². The van der Waals surface area contributed by atoms with Gasteiger partial charge in [-0.3, -0.25) is 4.40 Å². The molecular weight excluding hydrogens is 350 g/mol. The Morgan fingerprint density at radius 2 is 1.59 bits per heavy atom. The standard InChI is InChI=1S/C23H19N3S/c1-15-7-5-12-19-16(2)13-21-24-25-23(26(21)22(15)19)27-14-18-10-6-9-17-8-3-4-11-20(17)18/h3-13H,14H2,1-2H3. The normalized spacial score (nSPS) is 11.6. The molecule has 2 aromatic heterocycles. The molecule has 132 valence electrons. The lowest BCUT2D eigenvalue weighted by Crippen LogP contribution is -1.96. The zero-order valence-corrected chi connectivity index (χ0v) is 16.1. The molecule has 0 fully saturated rings. The largest absolute Gasteiger partial charge is 0.270 e. The smallest absolute Gasteiger partial charge is 0.196 e. The van der Waals surface area contributed by atoms with Crippen LogP contribution in [0.1, 0.15) is 16.7 Å². The summed E-state index contributed by atoms with van der Waals surface area (Å²) in [4.78, 5) is 0. The van der Waals surface area contributed by atoms with E-state index in [1.807, 2.05) is 0 Å². The van der Waals surface area contributed by atoms with Crippen LogP contribution < -0.4 is 0 Å². The van der Waals surface area contributed by atoms with Gasteiger partial charge in [-0.05, 0) is 47.4 Å². The Balaban J connectivity index is 1.62. The van der Waals surface area contributed by atoms with Crippen LogP contribution in [0.3, 0.4) is 0 Å². The first-order valence-corrected chi connectivity index (χ1v) is 10.0. The van der Waals surface area contributed by atoms with E-state index in [-0.39, 0.29) is 0 Å². The monoisotopic (exact) mass is 369 g/mol. The van der Waals surface area contributed by atoms with Gasteiger partial charge < -0.3 is 0 Å². The highest BCUT2D eigenvalue weighted by atomic mass is 32.2. The first kappa shape index (κ1) is 16.3. The lowest BCUT2D eigenvalue weighted by molar-refractivity contribution is 0.938. The van der Waals surface area contributed by atoms with E-state index in [1.165, 1.54) is 38.4 Å². The van der Waals surface area contributed by atoms with Gasteiger partial charge in [-0.2, -0.15) is 0 Å². The topological polar surface area (TPSA) is 30.2 Å². The van der Waals surface area contributed by atoms with E-state index in [0.29, 0.717) is 0 Å². The van der Waals surface area contributed by atoms with Crippen molar-refractivity contribution in [3.05, 3.63) is 83.4 Å². The van der Waals surface area contributed by atoms with Gasteiger partial charge in [0.1, 0.15) is 0 Å². The zero-order valence-electron chi connectivity index (χ0n) is 15.3. The Bertz CT molecular complexity index is 1300. The fourth-order valence-electron chi connectivity index (χ4n) is 3.78. The van der Waals surface area contributed by atoms with Crippen LogP contribution >= 0.6 is 11.8 Å². The van der Waals surface area contributed by atoms with Crippen LogP contribution in [-0.4, -0.2) is 14.6 Å². The summed E-state index contributed by atoms with van der Waals surface area (Å²) in [6, 6.07) is 23.6. The van der Waals surface area contributed by atoms with E-state index in [1.54, 1.807) is 11.8 Å². The molecule has 0 radical (unpaired) electrons. The molecular formula is C23H19N3S. The molecule has 0 unspecified atom stereocenters. The van der Waals surface area contributed by atoms with Gasteiger partial charge in [-0.15, -0.1) is 10.2 Å². The third-order valence-corrected chi connectivity index (χ3v) is 6.10. The number of fused-ring (bicyclic) bond motifs is 4. The number of pyridine rings is 1. The summed E-state index contributed by atoms with van der Waals surface area (Å²) in [7, 11) is 0. The maximum Gasteiger partial charge on any atom is 0.196 e. The van der Waals surface area contributed by atoms with E-state index in [0.717, 1.165) is 16.6 Å². The maximum absolute atomic E-state index is 4.50. The predicted octanol–water partition coefficient (Wildman–Crippen LogP) is 5.94. The number of nitrogens with zero attached hydrogens (tertiary/aromatic N) is 3. The molecule has 0 N–H and O–H groups in total. The summed E-state index contributed by atoms with van der Waals surface area (Å²) in [6.07, 6.45) is 0. The molecule has 0 spiro atoms. The van der Waals surface area contributed by atoms with Crippen molar-refractivity contribution >= 4 is 39.1 Å². The van der Waals surface area contributed by atoms with Crippen LogP contribution in [-0.2, 0) is 5.75 Å². The number of aromatic nitrogens is 3. The number of para-hydroxylation sites is 1. The van der Waals surface area contributed by atoms with Crippen molar-refractivity contribution < 1.29 is 0 Å². The summed E-state index contributed by atoms with van der Waals surface area (Å²) >= 11 is 1.74. The highest BCUT2D eigenvalue weighted by molar-refractivity contribution is 7.98. The van der Waals surface area contributed by atoms with Crippen molar-refractivity contribution in [1.82, 2.24) is 14.6 Å². The first-order chi connectivity index (χ1) is 13.2. The van der Waals surface area contributed by atoms with Gasteiger partial charge in [-0.25, -0.2) is 0 Å². The van der Waals surface area contributed by atoms with E-state index < -0.39 is 0 Å². The molecule has 0 aliphatic rings. The molecule has 27 heavy (non-hydrogen) atoms. The number of aryl methyl sites for hydroxylation is 2. The van der Waals surface area contributed by atoms with Crippen molar-refractivity contribution in [2.75, 3.05) is 0 Å². The van der Waals surface area contributed by atoms with Crippen LogP contribution in [0.2, 0.25) is 0 Å². The first-order valence-electron chi connectivity index (χ1n) is 9.06. The number of hydrogen-bond donors (Lipinski definition) is 0. The number of hydrogen-bond acceptors (Lipinski definition) is 3. The summed E-state index contributed by atoms with van der Waals surface area (Å²) in [5.41, 5.74) is 5.92. The molecule has 0 aliphatic carbocycles. The van der Waals surface area contributed by atoms with Gasteiger partial charge in [0.25, 0.3) is 0 Å². The molecule has 0 saturated carbocycles. The van der Waals surface area contributed by atoms with Crippen molar-refractivity contribution in [3.8, 4) is 0 Å². The molecule has 2 heterocycles. The van der Waals surface area contributed by atoms with E-state index in [2.05, 4.69) is 95.2 Å². The SMILES string of the molecule is Cc1cc2nnc(SCc3cccc4ccccc34)n2c2c(C)cccc12. The summed E-state index contributed by atoms with van der Waals surface area (Å²) in [5, 5.41) is 13.7. The zero-order chi connectivity index (χ0) is 18.4. The summed E-state index contributed by atoms with van der Waals surface area (Å²) < 4.78 is 2.20. The van der Waals surface area contributed by atoms with Crippen LogP contribution in [0.5, 0.6) is 0 Å². The van der Waals surface area contributed by atoms with Gasteiger partial charge in [0.15, 0.2) is 10.8 Å². The Kier molecular flexibility index (Phi) is 3.87. The quantitative estimate of drug-likeness (QED) is 0.368. The number of rotatable bonds is 3. The molecule has 0 bridgehead atoms. The highest BCUT2D eigenvalue weighted by Gasteiger charge is 2.13. The fraction of sp³-hybridized carbons (Fsp3) is 0.130. The Morgan fingerprint density at radius 1 is 0.815 bits per heavy atom. The Labute approximate surface area is 162 Å². The van der Waals surface area contributed by atoms with Crippen LogP contribution in [0.25, 0.3) is 27.3 Å². The Hall–Kier alpha value is -2.85. The van der Waals surface area contributed by atoms with Gasteiger partial charge in [0, 0.05) is 11.1 Å². The van der Waals surface area contributed by atoms with E-state index in [9.17, 15) is 0 Å². The van der Waals surface area contributed by atoms with Crippen molar-refractivity contribution in [1.29, 1.82) is 0 Å². The molecule has 0 aliphatic heterocycles. The lowest BCUT2D eigenvalue weighted by Gasteiger charge is -2.10. The molecule has 5 rings (SSSR count). The van der Waals surface area contributed by atoms with Crippen molar-refractivity contribution in [2.24, 2.45) is 0 Å². The van der Waals surface area contributed by atoms with Gasteiger partial charge in [0.2, 0.25) is 0 Å². The summed E-state index contributed by atoms with van der Waals surface area (Å²) in [5.74, 6) is 0.864. The minimum Gasteiger partial charge on any atom is -0.270 e. The Morgan fingerprint density at radius 3 is 2.52 bits per heavy atom. The van der Waals surface area contributed by atoms with Gasteiger partial charge >= 0.3 is 0 Å². The summed E-state index contributed by atoms with van der Waals surface area (Å²) in [6.45, 7) is 4.29. The number of benzene rings is 3. The molecule has 0 amide bonds. The predicted molar refractivity (Wildman–Crippen MR) is 113 cm³/mol. The lowest BCUT2D eigenvalue weighted by atomic mass is 10.1. The minimum atomic E-state index is 0.864. The molecule has 0 atom stereocenters. The molecule has 3 nitrogen and oxygen atoms in total. The van der Waals surface area contributed by atoms with E-state index in [4.69, 9.17) is 0 Å². The fourth-order valence-corrected chi connectivity index (χ4v) is 4.73. The van der Waals surface area contributed by atoms with Gasteiger partial charge in [0.05, 0.1) is 5.52 Å². The molecule has 5 aromatic rings. The minimum absolute atomic E-state index is 0.864. The number of thioether (sulfide) groups is 1. The van der Waals surface area contributed by atoms with Crippen molar-refractivity contribution in [2.45, 2.75) is 24.8 Å². The average Bonchev–Trinajstić information content (AvgIpc) is 3.09. The second-order valence-electron chi connectivity index (χ2n) is 6.90. The third kappa shape index (κ3) is 2.68. The average molecular weight is 369 g/mol.